The third kappa shape index (κ3) is 3.03. The van der Waals surface area contributed by atoms with E-state index < -0.39 is 5.97 Å². The monoisotopic (exact) mass is 299 g/mol. The largest absolute Gasteiger partial charge is 0.475 e. The number of hydrogen-bond acceptors (Lipinski definition) is 3. The molecular weight excluding hydrogens is 282 g/mol. The van der Waals surface area contributed by atoms with Crippen LogP contribution in [-0.2, 0) is 17.8 Å². The first-order valence-corrected chi connectivity index (χ1v) is 7.30. The number of carboxylic acids is 1. The zero-order valence-corrected chi connectivity index (χ0v) is 12.0. The fourth-order valence-corrected chi connectivity index (χ4v) is 2.93. The normalized spacial score (nSPS) is 16.3. The van der Waals surface area contributed by atoms with Gasteiger partial charge in [0.1, 0.15) is 5.76 Å². The zero-order chi connectivity index (χ0) is 15.5. The minimum atomic E-state index is -1.11. The van der Waals surface area contributed by atoms with Crippen LogP contribution in [0.3, 0.4) is 0 Å². The summed E-state index contributed by atoms with van der Waals surface area (Å²) in [5.74, 6) is -0.566. The van der Waals surface area contributed by atoms with E-state index in [0.29, 0.717) is 12.2 Å². The van der Waals surface area contributed by atoms with Crippen LogP contribution in [0.15, 0.2) is 40.8 Å². The second-order valence-corrected chi connectivity index (χ2v) is 5.49. The van der Waals surface area contributed by atoms with Gasteiger partial charge in [0, 0.05) is 6.42 Å². The van der Waals surface area contributed by atoms with Crippen molar-refractivity contribution >= 4 is 11.9 Å². The molecule has 1 amide bonds. The number of aryl methyl sites for hydroxylation is 1. The van der Waals surface area contributed by atoms with Crippen LogP contribution in [0.4, 0.5) is 0 Å². The number of hydrogen-bond donors (Lipinski definition) is 2. The van der Waals surface area contributed by atoms with Crippen molar-refractivity contribution < 1.29 is 19.1 Å². The second kappa shape index (κ2) is 6.05. The molecule has 0 bridgehead atoms. The molecule has 1 aromatic carbocycles. The molecule has 5 nitrogen and oxygen atoms in total. The Hall–Kier alpha value is -2.56. The van der Waals surface area contributed by atoms with Crippen molar-refractivity contribution in [2.75, 3.05) is 0 Å². The van der Waals surface area contributed by atoms with E-state index in [4.69, 9.17) is 9.52 Å². The Morgan fingerprint density at radius 2 is 2.05 bits per heavy atom. The minimum absolute atomic E-state index is 0.0463. The first-order chi connectivity index (χ1) is 10.6. The third-order valence-electron chi connectivity index (χ3n) is 4.02. The van der Waals surface area contributed by atoms with Crippen molar-refractivity contribution in [1.29, 1.82) is 0 Å². The van der Waals surface area contributed by atoms with Crippen LogP contribution in [0.2, 0.25) is 0 Å². The third-order valence-corrected chi connectivity index (χ3v) is 4.02. The standard InChI is InChI=1S/C17H17NO4/c19-16(18-10-13-7-8-15(22-13)17(20)21)9-12-6-5-11-3-1-2-4-14(11)12/h1-4,7-8,12H,5-6,9-10H2,(H,18,19)(H,20,21)/t12-/m0/s1. The number of rotatable bonds is 5. The van der Waals surface area contributed by atoms with Crippen LogP contribution in [0.5, 0.6) is 0 Å². The fraction of sp³-hybridized carbons (Fsp3) is 0.294. The molecule has 3 rings (SSSR count). The Kier molecular flexibility index (Phi) is 3.96. The van der Waals surface area contributed by atoms with Gasteiger partial charge in [0.05, 0.1) is 6.54 Å². The van der Waals surface area contributed by atoms with E-state index in [1.54, 1.807) is 6.07 Å². The van der Waals surface area contributed by atoms with E-state index >= 15 is 0 Å². The van der Waals surface area contributed by atoms with Crippen molar-refractivity contribution in [2.24, 2.45) is 0 Å². The van der Waals surface area contributed by atoms with Gasteiger partial charge in [0.2, 0.25) is 11.7 Å². The highest BCUT2D eigenvalue weighted by Gasteiger charge is 2.24. The molecular formula is C17H17NO4. The Bertz CT molecular complexity index is 704. The molecule has 2 N–H and O–H groups in total. The molecule has 0 saturated carbocycles. The first-order valence-electron chi connectivity index (χ1n) is 7.30. The van der Waals surface area contributed by atoms with Crippen molar-refractivity contribution in [3.63, 3.8) is 0 Å². The van der Waals surface area contributed by atoms with Gasteiger partial charge in [-0.3, -0.25) is 4.79 Å². The zero-order valence-electron chi connectivity index (χ0n) is 12.0. The smallest absolute Gasteiger partial charge is 0.371 e. The molecule has 1 aliphatic carbocycles. The average molecular weight is 299 g/mol. The Labute approximate surface area is 127 Å². The van der Waals surface area contributed by atoms with Gasteiger partial charge in [-0.05, 0) is 42.0 Å². The maximum absolute atomic E-state index is 12.1. The Morgan fingerprint density at radius 1 is 1.23 bits per heavy atom. The van der Waals surface area contributed by atoms with Crippen molar-refractivity contribution in [3.05, 3.63) is 59.0 Å². The molecule has 5 heteroatoms. The highest BCUT2D eigenvalue weighted by molar-refractivity contribution is 5.84. The van der Waals surface area contributed by atoms with Gasteiger partial charge in [0.25, 0.3) is 0 Å². The van der Waals surface area contributed by atoms with Crippen molar-refractivity contribution in [2.45, 2.75) is 31.7 Å². The number of furan rings is 1. The van der Waals surface area contributed by atoms with Gasteiger partial charge in [-0.1, -0.05) is 24.3 Å². The number of nitrogens with one attached hydrogen (secondary N) is 1. The van der Waals surface area contributed by atoms with E-state index in [-0.39, 0.29) is 24.1 Å². The molecule has 0 aliphatic heterocycles. The lowest BCUT2D eigenvalue weighted by atomic mass is 9.97. The Morgan fingerprint density at radius 3 is 2.82 bits per heavy atom. The molecule has 1 atom stereocenters. The highest BCUT2D eigenvalue weighted by Crippen LogP contribution is 2.35. The lowest BCUT2D eigenvalue weighted by Crippen LogP contribution is -2.24. The molecule has 1 heterocycles. The summed E-state index contributed by atoms with van der Waals surface area (Å²) >= 11 is 0. The number of carboxylic acid groups (broad SMARTS) is 1. The summed E-state index contributed by atoms with van der Waals surface area (Å²) < 4.78 is 5.11. The molecule has 0 unspecified atom stereocenters. The maximum atomic E-state index is 12.1. The minimum Gasteiger partial charge on any atom is -0.475 e. The number of benzene rings is 1. The molecule has 0 saturated heterocycles. The molecule has 1 aromatic heterocycles. The van der Waals surface area contributed by atoms with E-state index in [1.165, 1.54) is 17.2 Å². The molecule has 0 spiro atoms. The summed E-state index contributed by atoms with van der Waals surface area (Å²) in [5.41, 5.74) is 2.60. The summed E-state index contributed by atoms with van der Waals surface area (Å²) in [6.07, 6.45) is 2.47. The van der Waals surface area contributed by atoms with Gasteiger partial charge in [-0.25, -0.2) is 4.79 Å². The average Bonchev–Trinajstić information content (AvgIpc) is 3.13. The number of carbonyl (C=O) groups is 2. The van der Waals surface area contributed by atoms with Crippen LogP contribution in [-0.4, -0.2) is 17.0 Å². The highest BCUT2D eigenvalue weighted by atomic mass is 16.4. The van der Waals surface area contributed by atoms with Gasteiger partial charge < -0.3 is 14.8 Å². The summed E-state index contributed by atoms with van der Waals surface area (Å²) in [6, 6.07) is 11.2. The summed E-state index contributed by atoms with van der Waals surface area (Å²) in [5, 5.41) is 11.6. The van der Waals surface area contributed by atoms with Crippen LogP contribution < -0.4 is 5.32 Å². The van der Waals surface area contributed by atoms with E-state index in [2.05, 4.69) is 17.4 Å². The van der Waals surface area contributed by atoms with E-state index in [9.17, 15) is 9.59 Å². The number of amides is 1. The first kappa shape index (κ1) is 14.4. The SMILES string of the molecule is O=C(C[C@@H]1CCc2ccccc21)NCc1ccc(C(=O)O)o1. The van der Waals surface area contributed by atoms with Crippen LogP contribution in [0.25, 0.3) is 0 Å². The van der Waals surface area contributed by atoms with Crippen LogP contribution >= 0.6 is 0 Å². The summed E-state index contributed by atoms with van der Waals surface area (Å²) in [7, 11) is 0. The lowest BCUT2D eigenvalue weighted by Gasteiger charge is -2.11. The maximum Gasteiger partial charge on any atom is 0.371 e. The molecule has 2 aromatic rings. The topological polar surface area (TPSA) is 79.5 Å². The molecule has 1 aliphatic rings. The van der Waals surface area contributed by atoms with Crippen molar-refractivity contribution in [1.82, 2.24) is 5.32 Å². The number of carbonyl (C=O) groups excluding carboxylic acids is 1. The van der Waals surface area contributed by atoms with Crippen LogP contribution in [0.1, 0.15) is 46.2 Å². The van der Waals surface area contributed by atoms with Gasteiger partial charge in [-0.2, -0.15) is 0 Å². The summed E-state index contributed by atoms with van der Waals surface area (Å²) in [6.45, 7) is 0.209. The molecule has 114 valence electrons. The predicted octanol–water partition coefficient (Wildman–Crippen LogP) is 2.71. The van der Waals surface area contributed by atoms with E-state index in [1.807, 2.05) is 12.1 Å². The molecule has 0 radical (unpaired) electrons. The fourth-order valence-electron chi connectivity index (χ4n) is 2.93. The van der Waals surface area contributed by atoms with Gasteiger partial charge >= 0.3 is 5.97 Å². The number of aromatic carboxylic acids is 1. The van der Waals surface area contributed by atoms with Gasteiger partial charge in [-0.15, -0.1) is 0 Å². The van der Waals surface area contributed by atoms with E-state index in [0.717, 1.165) is 12.8 Å². The van der Waals surface area contributed by atoms with Crippen LogP contribution in [0, 0.1) is 0 Å². The summed E-state index contributed by atoms with van der Waals surface area (Å²) in [4.78, 5) is 22.8. The Balaban J connectivity index is 1.54. The number of fused-ring (bicyclic) bond motifs is 1. The quantitative estimate of drug-likeness (QED) is 0.889. The molecule has 0 fully saturated rings. The van der Waals surface area contributed by atoms with Crippen molar-refractivity contribution in [3.8, 4) is 0 Å². The lowest BCUT2D eigenvalue weighted by molar-refractivity contribution is -0.121. The molecule has 22 heavy (non-hydrogen) atoms. The van der Waals surface area contributed by atoms with Gasteiger partial charge in [0.15, 0.2) is 0 Å². The second-order valence-electron chi connectivity index (χ2n) is 5.49. The predicted molar refractivity (Wildman–Crippen MR) is 79.6 cm³/mol.